The van der Waals surface area contributed by atoms with Gasteiger partial charge < -0.3 is 20.0 Å². The van der Waals surface area contributed by atoms with Gasteiger partial charge in [-0.15, -0.1) is 0 Å². The molecule has 2 heterocycles. The third-order valence-corrected chi connectivity index (χ3v) is 5.28. The number of alkyl halides is 6. The van der Waals surface area contributed by atoms with Crippen molar-refractivity contribution in [2.45, 2.75) is 43.8 Å². The molecule has 2 N–H and O–H groups in total. The number of carboxylic acids is 2. The molecule has 1 amide bonds. The maximum absolute atomic E-state index is 13.3. The monoisotopic (exact) mass is 533 g/mol. The summed E-state index contributed by atoms with van der Waals surface area (Å²) in [4.78, 5) is 36.6. The molecule has 0 radical (unpaired) electrons. The summed E-state index contributed by atoms with van der Waals surface area (Å²) in [5, 5.41) is 14.2. The second kappa shape index (κ2) is 12.9. The van der Waals surface area contributed by atoms with Crippen LogP contribution >= 0.6 is 0 Å². The molecule has 0 unspecified atom stereocenters. The van der Waals surface area contributed by atoms with Crippen molar-refractivity contribution < 1.29 is 55.3 Å². The van der Waals surface area contributed by atoms with Gasteiger partial charge in [0.1, 0.15) is 5.82 Å². The number of likely N-dealkylation sites (tertiary alicyclic amines) is 2. The van der Waals surface area contributed by atoms with E-state index in [9.17, 15) is 35.5 Å². The van der Waals surface area contributed by atoms with Gasteiger partial charge in [0.15, 0.2) is 0 Å². The van der Waals surface area contributed by atoms with Crippen molar-refractivity contribution in [1.82, 2.24) is 14.7 Å². The first kappa shape index (κ1) is 31.1. The van der Waals surface area contributed by atoms with Crippen LogP contribution in [0.15, 0.2) is 24.3 Å². The molecule has 2 aliphatic rings. The van der Waals surface area contributed by atoms with E-state index in [2.05, 4.69) is 14.7 Å². The first-order valence-corrected chi connectivity index (χ1v) is 10.5. The lowest BCUT2D eigenvalue weighted by molar-refractivity contribution is -0.193. The molecule has 0 aliphatic carbocycles. The highest BCUT2D eigenvalue weighted by Crippen LogP contribution is 2.33. The normalized spacial score (nSPS) is 19.8. The van der Waals surface area contributed by atoms with Crippen molar-refractivity contribution in [2.24, 2.45) is 0 Å². The molecule has 2 fully saturated rings. The van der Waals surface area contributed by atoms with Gasteiger partial charge in [0.05, 0.1) is 0 Å². The Hall–Kier alpha value is -2.94. The van der Waals surface area contributed by atoms with E-state index >= 15 is 0 Å². The Morgan fingerprint density at radius 2 is 1.56 bits per heavy atom. The molecule has 0 bridgehead atoms. The number of hydrogen-bond acceptors (Lipinski definition) is 5. The van der Waals surface area contributed by atoms with Crippen LogP contribution in [-0.2, 0) is 20.9 Å². The standard InChI is InChI=1S/C17H24FN3O.2C2HF3O2/c1-19(2)8-9-21-15-6-7-20(16(15)11-17(21)22)12-13-4-3-5-14(18)10-13;2*3-2(4,5)1(6)7/h3-5,10,15-16H,6-9,11-12H2,1-2H3;2*(H,6,7)/t15-,16+;;/m0../s1. The molecule has 8 nitrogen and oxygen atoms in total. The number of halogens is 7. The molecule has 2 aliphatic heterocycles. The molecule has 1 aromatic rings. The largest absolute Gasteiger partial charge is 0.490 e. The van der Waals surface area contributed by atoms with Gasteiger partial charge in [-0.25, -0.2) is 14.0 Å². The number of amides is 1. The first-order valence-electron chi connectivity index (χ1n) is 10.5. The number of hydrogen-bond donors (Lipinski definition) is 2. The van der Waals surface area contributed by atoms with Crippen LogP contribution in [0.25, 0.3) is 0 Å². The third-order valence-electron chi connectivity index (χ3n) is 5.28. The van der Waals surface area contributed by atoms with Crippen LogP contribution in [0.2, 0.25) is 0 Å². The van der Waals surface area contributed by atoms with Gasteiger partial charge in [-0.2, -0.15) is 26.3 Å². The van der Waals surface area contributed by atoms with E-state index in [1.807, 2.05) is 20.2 Å². The fourth-order valence-electron chi connectivity index (χ4n) is 3.67. The van der Waals surface area contributed by atoms with Gasteiger partial charge in [0.25, 0.3) is 0 Å². The molecule has 204 valence electrons. The van der Waals surface area contributed by atoms with Crippen molar-refractivity contribution in [3.63, 3.8) is 0 Å². The number of likely N-dealkylation sites (N-methyl/N-ethyl adjacent to an activating group) is 1. The average molecular weight is 533 g/mol. The Bertz CT molecular complexity index is 885. The van der Waals surface area contributed by atoms with Crippen LogP contribution in [0.5, 0.6) is 0 Å². The summed E-state index contributed by atoms with van der Waals surface area (Å²) in [7, 11) is 4.06. The van der Waals surface area contributed by atoms with Crippen LogP contribution in [0.1, 0.15) is 18.4 Å². The van der Waals surface area contributed by atoms with Crippen molar-refractivity contribution in [1.29, 1.82) is 0 Å². The molecule has 15 heteroatoms. The van der Waals surface area contributed by atoms with E-state index in [0.717, 1.165) is 38.2 Å². The predicted molar refractivity (Wildman–Crippen MR) is 111 cm³/mol. The van der Waals surface area contributed by atoms with Crippen LogP contribution in [0, 0.1) is 5.82 Å². The molecule has 2 saturated heterocycles. The lowest BCUT2D eigenvalue weighted by atomic mass is 10.1. The fourth-order valence-corrected chi connectivity index (χ4v) is 3.67. The Kier molecular flexibility index (Phi) is 11.1. The van der Waals surface area contributed by atoms with Gasteiger partial charge >= 0.3 is 24.3 Å². The van der Waals surface area contributed by atoms with E-state index in [-0.39, 0.29) is 17.8 Å². The van der Waals surface area contributed by atoms with Gasteiger partial charge in [-0.1, -0.05) is 12.1 Å². The molecular weight excluding hydrogens is 507 g/mol. The number of rotatable bonds is 5. The lowest BCUT2D eigenvalue weighted by Crippen LogP contribution is -2.40. The molecule has 2 atom stereocenters. The van der Waals surface area contributed by atoms with Crippen LogP contribution in [0.4, 0.5) is 30.7 Å². The highest BCUT2D eigenvalue weighted by molar-refractivity contribution is 5.80. The Morgan fingerprint density at radius 3 is 2.00 bits per heavy atom. The van der Waals surface area contributed by atoms with Crippen LogP contribution in [-0.4, -0.2) is 101 Å². The zero-order valence-electron chi connectivity index (χ0n) is 19.3. The minimum absolute atomic E-state index is 0.191. The molecule has 3 rings (SSSR count). The van der Waals surface area contributed by atoms with Crippen molar-refractivity contribution in [3.05, 3.63) is 35.6 Å². The minimum atomic E-state index is -5.08. The molecule has 36 heavy (non-hydrogen) atoms. The summed E-state index contributed by atoms with van der Waals surface area (Å²) in [5.74, 6) is -5.44. The minimum Gasteiger partial charge on any atom is -0.475 e. The smallest absolute Gasteiger partial charge is 0.475 e. The van der Waals surface area contributed by atoms with Crippen LogP contribution < -0.4 is 0 Å². The highest BCUT2D eigenvalue weighted by Gasteiger charge is 2.46. The molecule has 1 aromatic carbocycles. The van der Waals surface area contributed by atoms with E-state index < -0.39 is 24.3 Å². The Balaban J connectivity index is 0.000000383. The van der Waals surface area contributed by atoms with Gasteiger partial charge in [0, 0.05) is 44.7 Å². The van der Waals surface area contributed by atoms with Gasteiger partial charge in [-0.05, 0) is 38.2 Å². The van der Waals surface area contributed by atoms with Crippen molar-refractivity contribution in [2.75, 3.05) is 33.7 Å². The number of nitrogens with zero attached hydrogens (tertiary/aromatic N) is 3. The second-order valence-electron chi connectivity index (χ2n) is 8.22. The molecule has 0 saturated carbocycles. The number of carbonyl (C=O) groups excluding carboxylic acids is 1. The van der Waals surface area contributed by atoms with Crippen molar-refractivity contribution in [3.8, 4) is 0 Å². The maximum Gasteiger partial charge on any atom is 0.490 e. The third kappa shape index (κ3) is 9.97. The zero-order chi connectivity index (χ0) is 27.8. The van der Waals surface area contributed by atoms with E-state index in [1.165, 1.54) is 6.07 Å². The predicted octanol–water partition coefficient (Wildman–Crippen LogP) is 2.83. The average Bonchev–Trinajstić information content (AvgIpc) is 3.24. The van der Waals surface area contributed by atoms with Crippen molar-refractivity contribution >= 4 is 17.8 Å². The van der Waals surface area contributed by atoms with Crippen LogP contribution in [0.3, 0.4) is 0 Å². The zero-order valence-corrected chi connectivity index (χ0v) is 19.3. The second-order valence-corrected chi connectivity index (χ2v) is 8.22. The highest BCUT2D eigenvalue weighted by atomic mass is 19.4. The molecule has 0 spiro atoms. The Labute approximate surface area is 201 Å². The number of aliphatic carboxylic acids is 2. The quantitative estimate of drug-likeness (QED) is 0.562. The number of carbonyl (C=O) groups is 3. The van der Waals surface area contributed by atoms with Gasteiger partial charge in [0.2, 0.25) is 5.91 Å². The summed E-state index contributed by atoms with van der Waals surface area (Å²) in [6, 6.07) is 7.39. The fraction of sp³-hybridized carbons (Fsp3) is 0.571. The summed E-state index contributed by atoms with van der Waals surface area (Å²) >= 11 is 0. The Morgan fingerprint density at radius 1 is 1.03 bits per heavy atom. The summed E-state index contributed by atoms with van der Waals surface area (Å²) in [6.07, 6.45) is -8.54. The topological polar surface area (TPSA) is 101 Å². The number of carboxylic acid groups (broad SMARTS) is 2. The van der Waals surface area contributed by atoms with E-state index in [1.54, 1.807) is 12.1 Å². The number of fused-ring (bicyclic) bond motifs is 1. The van der Waals surface area contributed by atoms with E-state index in [4.69, 9.17) is 19.8 Å². The lowest BCUT2D eigenvalue weighted by Gasteiger charge is -2.26. The number of benzene rings is 1. The molecular formula is C21H26F7N3O5. The maximum atomic E-state index is 13.3. The van der Waals surface area contributed by atoms with Gasteiger partial charge in [-0.3, -0.25) is 9.69 Å². The summed E-state index contributed by atoms with van der Waals surface area (Å²) in [6.45, 7) is 3.42. The summed E-state index contributed by atoms with van der Waals surface area (Å²) in [5.41, 5.74) is 0.986. The molecule has 0 aromatic heterocycles. The summed E-state index contributed by atoms with van der Waals surface area (Å²) < 4.78 is 76.8. The van der Waals surface area contributed by atoms with E-state index in [0.29, 0.717) is 12.5 Å². The SMILES string of the molecule is CN(C)CCN1C(=O)C[C@@H]2[C@@H]1CCN2Cc1cccc(F)c1.O=C(O)C(F)(F)F.O=C(O)C(F)(F)F. The first-order chi connectivity index (χ1) is 16.4.